The molecule has 6 nitrogen and oxygen atoms in total. The van der Waals surface area contributed by atoms with Gasteiger partial charge in [0.1, 0.15) is 17.5 Å². The van der Waals surface area contributed by atoms with Crippen molar-refractivity contribution >= 4 is 11.0 Å². The third kappa shape index (κ3) is 3.33. The van der Waals surface area contributed by atoms with Crippen LogP contribution in [0.3, 0.4) is 0 Å². The van der Waals surface area contributed by atoms with Crippen LogP contribution in [0.15, 0.2) is 48.8 Å². The van der Waals surface area contributed by atoms with E-state index in [-0.39, 0.29) is 28.0 Å². The Morgan fingerprint density at radius 2 is 1.90 bits per heavy atom. The molecule has 4 rings (SSSR count). The molecule has 0 bridgehead atoms. The average molecular weight is 409 g/mol. The van der Waals surface area contributed by atoms with E-state index in [0.29, 0.717) is 16.9 Å². The number of fused-ring (bicyclic) bond motifs is 1. The third-order valence-corrected chi connectivity index (χ3v) is 4.61. The average Bonchev–Trinajstić information content (AvgIpc) is 3.09. The summed E-state index contributed by atoms with van der Waals surface area (Å²) in [6, 6.07) is 11.0. The normalized spacial score (nSPS) is 11.5. The quantitative estimate of drug-likeness (QED) is 0.494. The first-order chi connectivity index (χ1) is 14.3. The van der Waals surface area contributed by atoms with Crippen molar-refractivity contribution in [2.45, 2.75) is 6.18 Å². The molecule has 0 atom stereocenters. The van der Waals surface area contributed by atoms with Crippen LogP contribution in [0.1, 0.15) is 11.1 Å². The Hall–Kier alpha value is -3.93. The number of hydrogen-bond donors (Lipinski definition) is 0. The number of aromatic nitrogens is 4. The number of rotatable bonds is 3. The molecule has 3 heterocycles. The predicted molar refractivity (Wildman–Crippen MR) is 103 cm³/mol. The SMILES string of the molecule is COc1cccc(-c2nn(C)c3nc(-c4cncc(C#N)c4)cc(C(F)(F)F)c23)c1. The van der Waals surface area contributed by atoms with Gasteiger partial charge in [0.05, 0.1) is 29.3 Å². The number of halogens is 3. The van der Waals surface area contributed by atoms with E-state index < -0.39 is 11.7 Å². The van der Waals surface area contributed by atoms with Crippen LogP contribution in [0.5, 0.6) is 5.75 Å². The van der Waals surface area contributed by atoms with Gasteiger partial charge in [0, 0.05) is 30.6 Å². The minimum atomic E-state index is -4.65. The van der Waals surface area contributed by atoms with Crippen molar-refractivity contribution in [2.24, 2.45) is 7.05 Å². The van der Waals surface area contributed by atoms with E-state index in [0.717, 1.165) is 6.07 Å². The largest absolute Gasteiger partial charge is 0.497 e. The van der Waals surface area contributed by atoms with Gasteiger partial charge in [0.25, 0.3) is 0 Å². The molecule has 1 aromatic carbocycles. The Labute approximate surface area is 169 Å². The van der Waals surface area contributed by atoms with E-state index in [4.69, 9.17) is 10.00 Å². The molecule has 0 fully saturated rings. The zero-order valence-electron chi connectivity index (χ0n) is 15.9. The topological polar surface area (TPSA) is 76.6 Å². The molecule has 3 aromatic heterocycles. The van der Waals surface area contributed by atoms with Crippen molar-refractivity contribution in [3.8, 4) is 34.3 Å². The summed E-state index contributed by atoms with van der Waals surface area (Å²) in [5.41, 5.74) is 0.431. The number of ether oxygens (including phenoxy) is 1. The smallest absolute Gasteiger partial charge is 0.417 e. The molecule has 0 saturated carbocycles. The highest BCUT2D eigenvalue weighted by Gasteiger charge is 2.36. The number of nitriles is 1. The molecule has 4 aromatic rings. The molecule has 30 heavy (non-hydrogen) atoms. The Kier molecular flexibility index (Phi) is 4.62. The fraction of sp³-hybridized carbons (Fsp3) is 0.143. The second kappa shape index (κ2) is 7.15. The molecule has 0 saturated heterocycles. The summed E-state index contributed by atoms with van der Waals surface area (Å²) >= 11 is 0. The highest BCUT2D eigenvalue weighted by molar-refractivity contribution is 5.96. The van der Waals surface area contributed by atoms with E-state index in [2.05, 4.69) is 15.1 Å². The number of nitrogens with zero attached hydrogens (tertiary/aromatic N) is 5. The van der Waals surface area contributed by atoms with Crippen molar-refractivity contribution in [1.29, 1.82) is 5.26 Å². The lowest BCUT2D eigenvalue weighted by Crippen LogP contribution is -2.08. The van der Waals surface area contributed by atoms with Gasteiger partial charge in [-0.3, -0.25) is 4.98 Å². The summed E-state index contributed by atoms with van der Waals surface area (Å²) < 4.78 is 48.7. The Bertz CT molecular complexity index is 1300. The monoisotopic (exact) mass is 409 g/mol. The van der Waals surface area contributed by atoms with Crippen molar-refractivity contribution in [1.82, 2.24) is 19.7 Å². The van der Waals surface area contributed by atoms with E-state index in [1.807, 2.05) is 6.07 Å². The van der Waals surface area contributed by atoms with E-state index in [1.54, 1.807) is 24.3 Å². The van der Waals surface area contributed by atoms with Crippen molar-refractivity contribution in [3.63, 3.8) is 0 Å². The molecular weight excluding hydrogens is 395 g/mol. The first-order valence-electron chi connectivity index (χ1n) is 8.76. The molecule has 0 radical (unpaired) electrons. The third-order valence-electron chi connectivity index (χ3n) is 4.61. The molecule has 0 N–H and O–H groups in total. The maximum atomic E-state index is 14.1. The van der Waals surface area contributed by atoms with Crippen LogP contribution in [-0.4, -0.2) is 26.9 Å². The van der Waals surface area contributed by atoms with Crippen molar-refractivity contribution in [2.75, 3.05) is 7.11 Å². The minimum Gasteiger partial charge on any atom is -0.497 e. The summed E-state index contributed by atoms with van der Waals surface area (Å²) in [6.07, 6.45) is -1.95. The van der Waals surface area contributed by atoms with E-state index >= 15 is 0 Å². The number of aryl methyl sites for hydroxylation is 1. The first-order valence-corrected chi connectivity index (χ1v) is 8.76. The van der Waals surface area contributed by atoms with Crippen molar-refractivity contribution < 1.29 is 17.9 Å². The number of alkyl halides is 3. The molecule has 0 unspecified atom stereocenters. The first kappa shape index (κ1) is 19.4. The Morgan fingerprint density at radius 1 is 1.10 bits per heavy atom. The Balaban J connectivity index is 2.03. The van der Waals surface area contributed by atoms with Crippen molar-refractivity contribution in [3.05, 3.63) is 59.9 Å². The lowest BCUT2D eigenvalue weighted by Gasteiger charge is -2.12. The van der Waals surface area contributed by atoms with Gasteiger partial charge >= 0.3 is 6.18 Å². The van der Waals surface area contributed by atoms with Gasteiger partial charge in [-0.1, -0.05) is 12.1 Å². The van der Waals surface area contributed by atoms with Crippen LogP contribution < -0.4 is 4.74 Å². The molecule has 0 aliphatic carbocycles. The highest BCUT2D eigenvalue weighted by atomic mass is 19.4. The van der Waals surface area contributed by atoms with Gasteiger partial charge in [-0.05, 0) is 24.3 Å². The second-order valence-corrected chi connectivity index (χ2v) is 6.53. The summed E-state index contributed by atoms with van der Waals surface area (Å²) in [6.45, 7) is 0. The molecule has 0 spiro atoms. The van der Waals surface area contributed by atoms with Gasteiger partial charge in [-0.25, -0.2) is 9.67 Å². The molecular formula is C21H14F3N5O. The van der Waals surface area contributed by atoms with Crippen LogP contribution in [0.4, 0.5) is 13.2 Å². The zero-order chi connectivity index (χ0) is 21.5. The number of methoxy groups -OCH3 is 1. The highest BCUT2D eigenvalue weighted by Crippen LogP contribution is 2.41. The molecule has 150 valence electrons. The molecule has 0 aliphatic heterocycles. The summed E-state index contributed by atoms with van der Waals surface area (Å²) in [4.78, 5) is 8.32. The van der Waals surface area contributed by atoms with E-state index in [9.17, 15) is 13.2 Å². The molecule has 0 amide bonds. The lowest BCUT2D eigenvalue weighted by atomic mass is 10.0. The maximum Gasteiger partial charge on any atom is 0.417 e. The number of benzene rings is 1. The summed E-state index contributed by atoms with van der Waals surface area (Å²) in [5.74, 6) is 0.504. The zero-order valence-corrected chi connectivity index (χ0v) is 15.9. The van der Waals surface area contributed by atoms with Gasteiger partial charge < -0.3 is 4.74 Å². The molecule has 0 aliphatic rings. The van der Waals surface area contributed by atoms with E-state index in [1.165, 1.54) is 37.3 Å². The van der Waals surface area contributed by atoms with Gasteiger partial charge in [0.2, 0.25) is 0 Å². The van der Waals surface area contributed by atoms with Crippen LogP contribution >= 0.6 is 0 Å². The summed E-state index contributed by atoms with van der Waals surface area (Å²) in [7, 11) is 3.01. The lowest BCUT2D eigenvalue weighted by molar-refractivity contribution is -0.136. The second-order valence-electron chi connectivity index (χ2n) is 6.53. The van der Waals surface area contributed by atoms with Crippen LogP contribution in [0, 0.1) is 11.3 Å². The van der Waals surface area contributed by atoms with Crippen LogP contribution in [-0.2, 0) is 13.2 Å². The summed E-state index contributed by atoms with van der Waals surface area (Å²) in [5, 5.41) is 13.3. The van der Waals surface area contributed by atoms with Gasteiger partial charge in [-0.15, -0.1) is 0 Å². The fourth-order valence-electron chi connectivity index (χ4n) is 3.23. The fourth-order valence-corrected chi connectivity index (χ4v) is 3.23. The maximum absolute atomic E-state index is 14.1. The van der Waals surface area contributed by atoms with Crippen LogP contribution in [0.25, 0.3) is 33.5 Å². The number of pyridine rings is 2. The Morgan fingerprint density at radius 3 is 2.60 bits per heavy atom. The van der Waals surface area contributed by atoms with Crippen LogP contribution in [0.2, 0.25) is 0 Å². The number of hydrogen-bond acceptors (Lipinski definition) is 5. The van der Waals surface area contributed by atoms with Gasteiger partial charge in [-0.2, -0.15) is 23.5 Å². The molecule has 9 heteroatoms. The van der Waals surface area contributed by atoms with Gasteiger partial charge in [0.15, 0.2) is 5.65 Å². The minimum absolute atomic E-state index is 0.0552. The standard InChI is InChI=1S/C21H14F3N5O/c1-29-20-18(19(28-29)13-4-3-5-15(7-13)30-2)16(21(22,23)24)8-17(27-20)14-6-12(9-25)10-26-11-14/h3-8,10-11H,1-2H3. The predicted octanol–water partition coefficient (Wildman–Crippen LogP) is 4.60.